The van der Waals surface area contributed by atoms with Crippen molar-refractivity contribution in [1.82, 2.24) is 29.3 Å². The van der Waals surface area contributed by atoms with Gasteiger partial charge < -0.3 is 4.90 Å². The van der Waals surface area contributed by atoms with Gasteiger partial charge in [0.2, 0.25) is 10.0 Å². The van der Waals surface area contributed by atoms with Crippen LogP contribution >= 0.6 is 0 Å². The first kappa shape index (κ1) is 19.1. The standard InChI is InChI=1S/C16H18N8O4S/c1-11-3-4-12(24(25)26)9-13(11)29(27,28)23-7-5-22(6-8-23)16-14-15(17-10-18-16)21(2)20-19-14/h3-4,9-10H,5-8H2,1-2H3. The van der Waals surface area contributed by atoms with Crippen LogP contribution in [0.15, 0.2) is 29.4 Å². The van der Waals surface area contributed by atoms with Gasteiger partial charge in [0.15, 0.2) is 17.0 Å². The van der Waals surface area contributed by atoms with Crippen molar-refractivity contribution in [3.05, 3.63) is 40.2 Å². The Labute approximate surface area is 166 Å². The summed E-state index contributed by atoms with van der Waals surface area (Å²) < 4.78 is 29.0. The second-order valence-corrected chi connectivity index (χ2v) is 8.59. The van der Waals surface area contributed by atoms with Crippen molar-refractivity contribution in [2.24, 2.45) is 7.05 Å². The zero-order valence-corrected chi connectivity index (χ0v) is 16.6. The SMILES string of the molecule is Cc1ccc([N+](=O)[O-])cc1S(=O)(=O)N1CCN(c2ncnc3c2nnn3C)CC1. The van der Waals surface area contributed by atoms with Gasteiger partial charge in [-0.15, -0.1) is 5.10 Å². The molecular weight excluding hydrogens is 400 g/mol. The predicted molar refractivity (Wildman–Crippen MR) is 103 cm³/mol. The Morgan fingerprint density at radius 2 is 1.86 bits per heavy atom. The fourth-order valence-corrected chi connectivity index (χ4v) is 5.00. The number of sulfonamides is 1. The average molecular weight is 418 g/mol. The maximum Gasteiger partial charge on any atom is 0.270 e. The molecule has 152 valence electrons. The van der Waals surface area contributed by atoms with Crippen LogP contribution in [0.1, 0.15) is 5.56 Å². The lowest BCUT2D eigenvalue weighted by Crippen LogP contribution is -2.49. The molecule has 0 amide bonds. The number of nitrogens with zero attached hydrogens (tertiary/aromatic N) is 8. The van der Waals surface area contributed by atoms with Crippen LogP contribution in [0.25, 0.3) is 11.2 Å². The summed E-state index contributed by atoms with van der Waals surface area (Å²) in [5.41, 5.74) is 1.37. The number of fused-ring (bicyclic) bond motifs is 1. The average Bonchev–Trinajstić information content (AvgIpc) is 3.09. The third-order valence-electron chi connectivity index (χ3n) is 4.91. The zero-order chi connectivity index (χ0) is 20.8. The van der Waals surface area contributed by atoms with Gasteiger partial charge in [-0.3, -0.25) is 10.1 Å². The third-order valence-corrected chi connectivity index (χ3v) is 6.95. The van der Waals surface area contributed by atoms with E-state index in [9.17, 15) is 18.5 Å². The molecular formula is C16H18N8O4S. The van der Waals surface area contributed by atoms with Crippen molar-refractivity contribution in [2.75, 3.05) is 31.1 Å². The van der Waals surface area contributed by atoms with E-state index in [1.54, 1.807) is 18.7 Å². The van der Waals surface area contributed by atoms with Gasteiger partial charge in [0.25, 0.3) is 5.69 Å². The molecule has 1 aliphatic rings. The molecule has 13 heteroatoms. The summed E-state index contributed by atoms with van der Waals surface area (Å²) in [5.74, 6) is 0.603. The quantitative estimate of drug-likeness (QED) is 0.437. The molecule has 0 N–H and O–H groups in total. The second-order valence-electron chi connectivity index (χ2n) is 6.68. The van der Waals surface area contributed by atoms with Gasteiger partial charge in [-0.25, -0.2) is 23.1 Å². The van der Waals surface area contributed by atoms with Crippen molar-refractivity contribution >= 4 is 32.7 Å². The van der Waals surface area contributed by atoms with E-state index in [-0.39, 0.29) is 23.7 Å². The smallest absolute Gasteiger partial charge is 0.270 e. The molecule has 29 heavy (non-hydrogen) atoms. The Balaban J connectivity index is 1.58. The second kappa shape index (κ2) is 7.00. The number of anilines is 1. The third kappa shape index (κ3) is 3.27. The molecule has 0 atom stereocenters. The number of nitro groups is 1. The maximum atomic E-state index is 13.1. The van der Waals surface area contributed by atoms with E-state index in [1.165, 1.54) is 22.8 Å². The van der Waals surface area contributed by atoms with Gasteiger partial charge in [-0.05, 0) is 12.5 Å². The predicted octanol–water partition coefficient (Wildman–Crippen LogP) is 0.486. The summed E-state index contributed by atoms with van der Waals surface area (Å²) in [7, 11) is -2.12. The van der Waals surface area contributed by atoms with Crippen molar-refractivity contribution in [3.63, 3.8) is 0 Å². The summed E-state index contributed by atoms with van der Waals surface area (Å²) >= 11 is 0. The molecule has 3 heterocycles. The Kier molecular flexibility index (Phi) is 4.62. The van der Waals surface area contributed by atoms with Crippen molar-refractivity contribution < 1.29 is 13.3 Å². The lowest BCUT2D eigenvalue weighted by molar-refractivity contribution is -0.385. The summed E-state index contributed by atoms with van der Waals surface area (Å²) in [4.78, 5) is 20.8. The molecule has 2 aromatic heterocycles. The zero-order valence-electron chi connectivity index (χ0n) is 15.8. The Bertz CT molecular complexity index is 1200. The number of aromatic nitrogens is 5. The highest BCUT2D eigenvalue weighted by Gasteiger charge is 2.32. The van der Waals surface area contributed by atoms with Crippen molar-refractivity contribution in [1.29, 1.82) is 0 Å². The maximum absolute atomic E-state index is 13.1. The van der Waals surface area contributed by atoms with Crippen molar-refractivity contribution in [3.8, 4) is 0 Å². The minimum atomic E-state index is -3.86. The number of aryl methyl sites for hydroxylation is 2. The number of hydrogen-bond acceptors (Lipinski definition) is 9. The fraction of sp³-hybridized carbons (Fsp3) is 0.375. The number of nitro benzene ring substituents is 1. The Hall–Kier alpha value is -3.19. The molecule has 0 radical (unpaired) electrons. The molecule has 12 nitrogen and oxygen atoms in total. The van der Waals surface area contributed by atoms with E-state index in [2.05, 4.69) is 20.3 Å². The number of non-ortho nitro benzene ring substituents is 1. The molecule has 0 saturated carbocycles. The monoisotopic (exact) mass is 418 g/mol. The lowest BCUT2D eigenvalue weighted by atomic mass is 10.2. The van der Waals surface area contributed by atoms with E-state index < -0.39 is 14.9 Å². The van der Waals surface area contributed by atoms with Gasteiger partial charge in [-0.1, -0.05) is 11.3 Å². The number of benzene rings is 1. The minimum Gasteiger partial charge on any atom is -0.352 e. The summed E-state index contributed by atoms with van der Waals surface area (Å²) in [6.07, 6.45) is 1.43. The van der Waals surface area contributed by atoms with Gasteiger partial charge in [0, 0.05) is 45.4 Å². The lowest BCUT2D eigenvalue weighted by Gasteiger charge is -2.34. The van der Waals surface area contributed by atoms with Gasteiger partial charge in [-0.2, -0.15) is 4.31 Å². The topological polar surface area (TPSA) is 140 Å². The van der Waals surface area contributed by atoms with E-state index in [1.807, 2.05) is 4.90 Å². The van der Waals surface area contributed by atoms with Gasteiger partial charge in [0.1, 0.15) is 6.33 Å². The van der Waals surface area contributed by atoms with Crippen LogP contribution in [0, 0.1) is 17.0 Å². The molecule has 1 fully saturated rings. The molecule has 0 aliphatic carbocycles. The fourth-order valence-electron chi connectivity index (χ4n) is 3.33. The van der Waals surface area contributed by atoms with Gasteiger partial charge in [0.05, 0.1) is 9.82 Å². The first-order valence-corrected chi connectivity index (χ1v) is 10.2. The van der Waals surface area contributed by atoms with Gasteiger partial charge >= 0.3 is 0 Å². The molecule has 1 aromatic carbocycles. The molecule has 0 unspecified atom stereocenters. The van der Waals surface area contributed by atoms with Crippen molar-refractivity contribution in [2.45, 2.75) is 11.8 Å². The highest BCUT2D eigenvalue weighted by atomic mass is 32.2. The Morgan fingerprint density at radius 1 is 1.14 bits per heavy atom. The largest absolute Gasteiger partial charge is 0.352 e. The van der Waals surface area contributed by atoms with Crippen LogP contribution in [0.5, 0.6) is 0 Å². The van der Waals surface area contributed by atoms with E-state index >= 15 is 0 Å². The van der Waals surface area contributed by atoms with Crippen LogP contribution in [-0.4, -0.2) is 68.8 Å². The van der Waals surface area contributed by atoms with Crippen LogP contribution in [-0.2, 0) is 17.1 Å². The molecule has 1 saturated heterocycles. The molecule has 0 spiro atoms. The highest BCUT2D eigenvalue weighted by molar-refractivity contribution is 7.89. The molecule has 1 aliphatic heterocycles. The normalized spacial score (nSPS) is 15.7. The van der Waals surface area contributed by atoms with Crippen LogP contribution in [0.4, 0.5) is 11.5 Å². The summed E-state index contributed by atoms with van der Waals surface area (Å²) in [5, 5.41) is 19.1. The van der Waals surface area contributed by atoms with Crippen LogP contribution in [0.2, 0.25) is 0 Å². The van der Waals surface area contributed by atoms with E-state index in [0.717, 1.165) is 6.07 Å². The first-order valence-electron chi connectivity index (χ1n) is 8.79. The van der Waals surface area contributed by atoms with E-state index in [4.69, 9.17) is 0 Å². The van der Waals surface area contributed by atoms with E-state index in [0.29, 0.717) is 35.6 Å². The summed E-state index contributed by atoms with van der Waals surface area (Å²) in [6, 6.07) is 3.87. The number of hydrogen-bond donors (Lipinski definition) is 0. The molecule has 3 aromatic rings. The summed E-state index contributed by atoms with van der Waals surface area (Å²) in [6.45, 7) is 2.86. The minimum absolute atomic E-state index is 0.0431. The number of rotatable bonds is 4. The molecule has 0 bridgehead atoms. The van der Waals surface area contributed by atoms with Crippen LogP contribution < -0.4 is 4.90 Å². The highest BCUT2D eigenvalue weighted by Crippen LogP contribution is 2.27. The Morgan fingerprint density at radius 3 is 2.55 bits per heavy atom. The molecule has 4 rings (SSSR count). The first-order chi connectivity index (χ1) is 13.8. The van der Waals surface area contributed by atoms with Crippen LogP contribution in [0.3, 0.4) is 0 Å². The number of piperazine rings is 1.